The van der Waals surface area contributed by atoms with Crippen LogP contribution in [0, 0.1) is 0 Å². The van der Waals surface area contributed by atoms with E-state index >= 15 is 0 Å². The Bertz CT molecular complexity index is 1140. The molecule has 3 aromatic rings. The number of aromatic nitrogens is 2. The topological polar surface area (TPSA) is 50.7 Å². The van der Waals surface area contributed by atoms with Gasteiger partial charge in [-0.3, -0.25) is 4.90 Å². The highest BCUT2D eigenvalue weighted by molar-refractivity contribution is 7.19. The standard InChI is InChI=1S/C25H30N4O2S/c1-30-19-7-6-17-8-9-29(15-18(17)14-19)24-23-20-4-2-3-5-21(20)32-25(23)27-22(26-24)16-28-10-12-31-13-11-28/h6-7,14H,2-5,8-13,15-16H2,1H3. The highest BCUT2D eigenvalue weighted by Crippen LogP contribution is 2.41. The summed E-state index contributed by atoms with van der Waals surface area (Å²) in [6, 6.07) is 6.49. The second-order valence-corrected chi connectivity index (χ2v) is 10.1. The van der Waals surface area contributed by atoms with Gasteiger partial charge in [0.15, 0.2) is 0 Å². The Kier molecular flexibility index (Phi) is 5.49. The highest BCUT2D eigenvalue weighted by Gasteiger charge is 2.27. The van der Waals surface area contributed by atoms with Gasteiger partial charge in [-0.1, -0.05) is 6.07 Å². The number of aryl methyl sites for hydroxylation is 2. The summed E-state index contributed by atoms with van der Waals surface area (Å²) in [7, 11) is 1.74. The minimum Gasteiger partial charge on any atom is -0.497 e. The van der Waals surface area contributed by atoms with Crippen molar-refractivity contribution in [3.05, 3.63) is 45.6 Å². The molecule has 4 heterocycles. The summed E-state index contributed by atoms with van der Waals surface area (Å²) < 4.78 is 11.0. The third-order valence-electron chi connectivity index (χ3n) is 7.04. The summed E-state index contributed by atoms with van der Waals surface area (Å²) in [5.74, 6) is 3.02. The Morgan fingerprint density at radius 1 is 1.03 bits per heavy atom. The fourth-order valence-corrected chi connectivity index (χ4v) is 6.56. The van der Waals surface area contributed by atoms with Gasteiger partial charge < -0.3 is 14.4 Å². The van der Waals surface area contributed by atoms with Crippen LogP contribution in [0.2, 0.25) is 0 Å². The predicted molar refractivity (Wildman–Crippen MR) is 128 cm³/mol. The molecular weight excluding hydrogens is 420 g/mol. The lowest BCUT2D eigenvalue weighted by atomic mass is 9.96. The molecule has 0 bridgehead atoms. The largest absolute Gasteiger partial charge is 0.497 e. The third kappa shape index (κ3) is 3.76. The summed E-state index contributed by atoms with van der Waals surface area (Å²) in [4.78, 5) is 17.9. The van der Waals surface area contributed by atoms with E-state index in [4.69, 9.17) is 19.4 Å². The molecule has 2 aliphatic heterocycles. The monoisotopic (exact) mass is 450 g/mol. The van der Waals surface area contributed by atoms with Crippen LogP contribution in [0.5, 0.6) is 5.75 Å². The molecule has 1 aromatic carbocycles. The van der Waals surface area contributed by atoms with Crippen molar-refractivity contribution in [2.45, 2.75) is 45.2 Å². The van der Waals surface area contributed by atoms with Gasteiger partial charge >= 0.3 is 0 Å². The molecule has 6 nitrogen and oxygen atoms in total. The fraction of sp³-hybridized carbons (Fsp3) is 0.520. The number of morpholine rings is 1. The van der Waals surface area contributed by atoms with E-state index in [-0.39, 0.29) is 0 Å². The number of hydrogen-bond donors (Lipinski definition) is 0. The maximum absolute atomic E-state index is 5.53. The van der Waals surface area contributed by atoms with Crippen molar-refractivity contribution in [3.8, 4) is 5.75 Å². The van der Waals surface area contributed by atoms with E-state index in [0.717, 1.165) is 76.2 Å². The number of benzene rings is 1. The Balaban J connectivity index is 1.41. The molecule has 0 unspecified atom stereocenters. The zero-order valence-corrected chi connectivity index (χ0v) is 19.5. The molecule has 1 aliphatic carbocycles. The van der Waals surface area contributed by atoms with Crippen LogP contribution < -0.4 is 9.64 Å². The van der Waals surface area contributed by atoms with Gasteiger partial charge in [0.2, 0.25) is 0 Å². The Morgan fingerprint density at radius 2 is 1.91 bits per heavy atom. The smallest absolute Gasteiger partial charge is 0.146 e. The first-order chi connectivity index (χ1) is 15.8. The fourth-order valence-electron chi connectivity index (χ4n) is 5.28. The Labute approximate surface area is 193 Å². The molecule has 1 saturated heterocycles. The summed E-state index contributed by atoms with van der Waals surface area (Å²) >= 11 is 1.90. The minimum absolute atomic E-state index is 0.799. The first-order valence-electron chi connectivity index (χ1n) is 11.8. The first-order valence-corrected chi connectivity index (χ1v) is 12.6. The van der Waals surface area contributed by atoms with E-state index in [0.29, 0.717) is 0 Å². The number of thiophene rings is 1. The van der Waals surface area contributed by atoms with E-state index in [1.54, 1.807) is 7.11 Å². The maximum Gasteiger partial charge on any atom is 0.146 e. The number of anilines is 1. The SMILES string of the molecule is COc1ccc2c(c1)CN(c1nc(CN3CCOCC3)nc3sc4c(c13)CCCC4)CC2. The maximum atomic E-state index is 5.53. The van der Waals surface area contributed by atoms with Gasteiger partial charge in [0.1, 0.15) is 22.2 Å². The number of methoxy groups -OCH3 is 1. The molecule has 0 radical (unpaired) electrons. The van der Waals surface area contributed by atoms with E-state index < -0.39 is 0 Å². The first kappa shape index (κ1) is 20.4. The molecule has 32 heavy (non-hydrogen) atoms. The van der Waals surface area contributed by atoms with Crippen LogP contribution in [0.15, 0.2) is 18.2 Å². The summed E-state index contributed by atoms with van der Waals surface area (Å²) in [6.07, 6.45) is 5.95. The zero-order chi connectivity index (χ0) is 21.5. The minimum atomic E-state index is 0.799. The Morgan fingerprint density at radius 3 is 2.78 bits per heavy atom. The van der Waals surface area contributed by atoms with Crippen molar-refractivity contribution in [2.75, 3.05) is 44.9 Å². The quantitative estimate of drug-likeness (QED) is 0.600. The zero-order valence-electron chi connectivity index (χ0n) is 18.7. The molecule has 6 rings (SSSR count). The van der Waals surface area contributed by atoms with E-state index in [2.05, 4.69) is 28.0 Å². The lowest BCUT2D eigenvalue weighted by molar-refractivity contribution is 0.0331. The normalized spacial score (nSPS) is 19.1. The molecule has 0 atom stereocenters. The van der Waals surface area contributed by atoms with Crippen molar-refractivity contribution in [1.29, 1.82) is 0 Å². The second-order valence-electron chi connectivity index (χ2n) is 9.05. The van der Waals surface area contributed by atoms with Crippen molar-refractivity contribution in [3.63, 3.8) is 0 Å². The second kappa shape index (κ2) is 8.61. The van der Waals surface area contributed by atoms with Crippen molar-refractivity contribution >= 4 is 27.4 Å². The van der Waals surface area contributed by atoms with Gasteiger partial charge in [-0.2, -0.15) is 0 Å². The van der Waals surface area contributed by atoms with Crippen molar-refractivity contribution in [2.24, 2.45) is 0 Å². The number of hydrogen-bond acceptors (Lipinski definition) is 7. The van der Waals surface area contributed by atoms with Crippen molar-refractivity contribution in [1.82, 2.24) is 14.9 Å². The van der Waals surface area contributed by atoms with Crippen LogP contribution in [0.1, 0.15) is 40.2 Å². The highest BCUT2D eigenvalue weighted by atomic mass is 32.1. The lowest BCUT2D eigenvalue weighted by Crippen LogP contribution is -2.36. The van der Waals surface area contributed by atoms with Crippen LogP contribution in [-0.4, -0.2) is 54.8 Å². The van der Waals surface area contributed by atoms with Gasteiger partial charge in [-0.15, -0.1) is 11.3 Å². The summed E-state index contributed by atoms with van der Waals surface area (Å²) in [6.45, 7) is 6.17. The summed E-state index contributed by atoms with van der Waals surface area (Å²) in [5, 5.41) is 1.32. The number of nitrogens with zero attached hydrogens (tertiary/aromatic N) is 4. The van der Waals surface area contributed by atoms with Crippen LogP contribution in [-0.2, 0) is 37.1 Å². The van der Waals surface area contributed by atoms with E-state index in [1.165, 1.54) is 51.0 Å². The average molecular weight is 451 g/mol. The molecular formula is C25H30N4O2S. The van der Waals surface area contributed by atoms with Crippen LogP contribution in [0.4, 0.5) is 5.82 Å². The van der Waals surface area contributed by atoms with Gasteiger partial charge in [0.05, 0.1) is 32.3 Å². The van der Waals surface area contributed by atoms with Crippen LogP contribution >= 0.6 is 11.3 Å². The average Bonchev–Trinajstić information content (AvgIpc) is 3.22. The van der Waals surface area contributed by atoms with Gasteiger partial charge in [0, 0.05) is 31.1 Å². The Hall–Kier alpha value is -2.22. The molecule has 1 fully saturated rings. The number of rotatable bonds is 4. The van der Waals surface area contributed by atoms with Gasteiger partial charge in [0.25, 0.3) is 0 Å². The lowest BCUT2D eigenvalue weighted by Gasteiger charge is -2.31. The predicted octanol–water partition coefficient (Wildman–Crippen LogP) is 3.97. The number of fused-ring (bicyclic) bond motifs is 4. The molecule has 0 amide bonds. The molecule has 0 spiro atoms. The molecule has 7 heteroatoms. The van der Waals surface area contributed by atoms with Crippen LogP contribution in [0.3, 0.4) is 0 Å². The van der Waals surface area contributed by atoms with Gasteiger partial charge in [-0.25, -0.2) is 9.97 Å². The van der Waals surface area contributed by atoms with E-state index in [1.807, 2.05) is 11.3 Å². The number of ether oxygens (including phenoxy) is 2. The summed E-state index contributed by atoms with van der Waals surface area (Å²) in [5.41, 5.74) is 4.29. The molecule has 168 valence electrons. The molecule has 2 aromatic heterocycles. The van der Waals surface area contributed by atoms with Gasteiger partial charge in [-0.05, 0) is 60.9 Å². The molecule has 3 aliphatic rings. The third-order valence-corrected chi connectivity index (χ3v) is 8.22. The molecule has 0 N–H and O–H groups in total. The van der Waals surface area contributed by atoms with E-state index in [9.17, 15) is 0 Å². The molecule has 0 saturated carbocycles. The van der Waals surface area contributed by atoms with Crippen LogP contribution in [0.25, 0.3) is 10.2 Å². The van der Waals surface area contributed by atoms with Crippen molar-refractivity contribution < 1.29 is 9.47 Å².